The number of anilines is 1. The van der Waals surface area contributed by atoms with Gasteiger partial charge in [0.15, 0.2) is 5.78 Å². The molecule has 1 aromatic heterocycles. The van der Waals surface area contributed by atoms with E-state index in [9.17, 15) is 13.2 Å². The van der Waals surface area contributed by atoms with Crippen LogP contribution in [0.15, 0.2) is 113 Å². The van der Waals surface area contributed by atoms with E-state index in [4.69, 9.17) is 4.84 Å². The van der Waals surface area contributed by atoms with Crippen molar-refractivity contribution in [2.45, 2.75) is 17.0 Å². The number of thiophene rings is 1. The molecule has 0 aliphatic carbocycles. The lowest BCUT2D eigenvalue weighted by Crippen LogP contribution is -2.45. The minimum absolute atomic E-state index is 0.0223. The lowest BCUT2D eigenvalue weighted by molar-refractivity contribution is 0.0531. The Labute approximate surface area is 214 Å². The van der Waals surface area contributed by atoms with Crippen LogP contribution in [0.25, 0.3) is 0 Å². The zero-order chi connectivity index (χ0) is 24.8. The number of Topliss-reactive ketones (excluding diaryl/α,β-unsaturated/α-hetero) is 1. The summed E-state index contributed by atoms with van der Waals surface area (Å²) in [5.74, 6) is -0.0967. The van der Waals surface area contributed by atoms with Crippen LogP contribution in [-0.4, -0.2) is 37.7 Å². The van der Waals surface area contributed by atoms with E-state index in [1.165, 1.54) is 15.6 Å². The second kappa shape index (κ2) is 8.97. The topological polar surface area (TPSA) is 66.9 Å². The van der Waals surface area contributed by atoms with Crippen molar-refractivity contribution in [2.24, 2.45) is 5.41 Å². The largest absolute Gasteiger partial charge is 0.292 e. The first-order valence-corrected chi connectivity index (χ1v) is 14.0. The van der Waals surface area contributed by atoms with Crippen LogP contribution < -0.4 is 5.06 Å². The van der Waals surface area contributed by atoms with Gasteiger partial charge in [0.2, 0.25) is 10.0 Å². The lowest BCUT2D eigenvalue weighted by atomic mass is 9.71. The van der Waals surface area contributed by atoms with Crippen LogP contribution in [0.3, 0.4) is 0 Å². The molecule has 36 heavy (non-hydrogen) atoms. The van der Waals surface area contributed by atoms with Crippen molar-refractivity contribution < 1.29 is 18.0 Å². The first-order chi connectivity index (χ1) is 17.5. The molecule has 4 aromatic rings. The molecule has 3 atom stereocenters. The summed E-state index contributed by atoms with van der Waals surface area (Å²) in [4.78, 5) is 21.7. The normalized spacial score (nSPS) is 24.1. The average molecular weight is 517 g/mol. The third-order valence-corrected chi connectivity index (χ3v) is 9.71. The van der Waals surface area contributed by atoms with Gasteiger partial charge in [-0.25, -0.2) is 13.5 Å². The van der Waals surface area contributed by atoms with Crippen LogP contribution in [0.5, 0.6) is 0 Å². The highest BCUT2D eigenvalue weighted by atomic mass is 32.2. The quantitative estimate of drug-likeness (QED) is 0.330. The second-order valence-corrected chi connectivity index (χ2v) is 11.9. The third-order valence-electron chi connectivity index (χ3n) is 7.02. The molecule has 3 heterocycles. The maximum Gasteiger partial charge on any atom is 0.243 e. The Hall–Kier alpha value is -3.30. The Kier molecular flexibility index (Phi) is 5.76. The summed E-state index contributed by atoms with van der Waals surface area (Å²) >= 11 is 1.37. The molecule has 2 saturated heterocycles. The van der Waals surface area contributed by atoms with Gasteiger partial charge in [-0.05, 0) is 41.3 Å². The summed E-state index contributed by atoms with van der Waals surface area (Å²) in [5.41, 5.74) is 0.577. The second-order valence-electron chi connectivity index (χ2n) is 9.03. The SMILES string of the molecule is O=C(c1cccs1)[C@@]12CN(S(=O)(=O)c3ccccc3)C[C@@H]1ON(c1ccccc1)[C@H]2c1ccccc1. The fourth-order valence-corrected chi connectivity index (χ4v) is 7.63. The molecule has 0 N–H and O–H groups in total. The van der Waals surface area contributed by atoms with Crippen molar-refractivity contribution >= 4 is 32.8 Å². The molecule has 3 aromatic carbocycles. The smallest absolute Gasteiger partial charge is 0.243 e. The summed E-state index contributed by atoms with van der Waals surface area (Å²) in [6.07, 6.45) is -0.656. The highest BCUT2D eigenvalue weighted by molar-refractivity contribution is 7.89. The Morgan fingerprint density at radius 3 is 2.14 bits per heavy atom. The van der Waals surface area contributed by atoms with Crippen LogP contribution in [0.4, 0.5) is 5.69 Å². The zero-order valence-corrected chi connectivity index (χ0v) is 20.9. The van der Waals surface area contributed by atoms with Crippen LogP contribution in [0, 0.1) is 5.41 Å². The van der Waals surface area contributed by atoms with E-state index in [0.717, 1.165) is 11.3 Å². The monoisotopic (exact) mass is 516 g/mol. The maximum absolute atomic E-state index is 14.4. The molecule has 0 amide bonds. The van der Waals surface area contributed by atoms with E-state index >= 15 is 0 Å². The molecule has 182 valence electrons. The molecule has 6 nitrogen and oxygen atoms in total. The molecule has 2 fully saturated rings. The average Bonchev–Trinajstić information content (AvgIpc) is 3.65. The van der Waals surface area contributed by atoms with Crippen molar-refractivity contribution in [3.05, 3.63) is 119 Å². The summed E-state index contributed by atoms with van der Waals surface area (Å²) in [7, 11) is -3.82. The maximum atomic E-state index is 14.4. The van der Waals surface area contributed by atoms with Gasteiger partial charge in [0.25, 0.3) is 0 Å². The molecule has 2 aliphatic rings. The van der Waals surface area contributed by atoms with Crippen molar-refractivity contribution in [1.82, 2.24) is 4.31 Å². The minimum Gasteiger partial charge on any atom is -0.292 e. The number of sulfonamides is 1. The minimum atomic E-state index is -3.82. The summed E-state index contributed by atoms with van der Waals surface area (Å²) in [6.45, 7) is 0.107. The fourth-order valence-electron chi connectivity index (χ4n) is 5.36. The Morgan fingerprint density at radius 1 is 0.861 bits per heavy atom. The molecule has 0 radical (unpaired) electrons. The Balaban J connectivity index is 1.52. The first kappa shape index (κ1) is 23.1. The third kappa shape index (κ3) is 3.60. The lowest BCUT2D eigenvalue weighted by Gasteiger charge is -2.35. The number of fused-ring (bicyclic) bond motifs is 1. The van der Waals surface area contributed by atoms with Crippen molar-refractivity contribution in [3.63, 3.8) is 0 Å². The predicted octanol–water partition coefficient (Wildman–Crippen LogP) is 5.18. The number of nitrogens with zero attached hydrogens (tertiary/aromatic N) is 2. The van der Waals surface area contributed by atoms with Gasteiger partial charge >= 0.3 is 0 Å². The van der Waals surface area contributed by atoms with Crippen LogP contribution in [-0.2, 0) is 14.9 Å². The Morgan fingerprint density at radius 2 is 1.50 bits per heavy atom. The summed E-state index contributed by atoms with van der Waals surface area (Å²) in [6, 6.07) is 30.9. The van der Waals surface area contributed by atoms with Crippen molar-refractivity contribution in [1.29, 1.82) is 0 Å². The van der Waals surface area contributed by atoms with Crippen LogP contribution in [0.2, 0.25) is 0 Å². The summed E-state index contributed by atoms with van der Waals surface area (Å²) < 4.78 is 28.7. The van der Waals surface area contributed by atoms with Gasteiger partial charge in [0, 0.05) is 13.1 Å². The van der Waals surface area contributed by atoms with Gasteiger partial charge in [-0.15, -0.1) is 11.3 Å². The number of hydroxylamine groups is 1. The van der Waals surface area contributed by atoms with Gasteiger partial charge in [-0.2, -0.15) is 4.31 Å². The number of ketones is 1. The summed E-state index contributed by atoms with van der Waals surface area (Å²) in [5, 5.41) is 3.67. The molecular weight excluding hydrogens is 492 g/mol. The van der Waals surface area contributed by atoms with Crippen LogP contribution >= 0.6 is 11.3 Å². The molecule has 8 heteroatoms. The molecule has 6 rings (SSSR count). The molecule has 0 unspecified atom stereocenters. The highest BCUT2D eigenvalue weighted by Crippen LogP contribution is 2.56. The number of rotatable bonds is 6. The zero-order valence-electron chi connectivity index (χ0n) is 19.3. The molecule has 2 aliphatic heterocycles. The van der Waals surface area contributed by atoms with Crippen LogP contribution in [0.1, 0.15) is 21.3 Å². The van der Waals surface area contributed by atoms with E-state index in [0.29, 0.717) is 4.88 Å². The van der Waals surface area contributed by atoms with Gasteiger partial charge in [-0.1, -0.05) is 72.8 Å². The van der Waals surface area contributed by atoms with Gasteiger partial charge in [-0.3, -0.25) is 9.63 Å². The highest BCUT2D eigenvalue weighted by Gasteiger charge is 2.67. The van der Waals surface area contributed by atoms with Gasteiger partial charge in [0.1, 0.15) is 11.5 Å². The van der Waals surface area contributed by atoms with E-state index in [1.807, 2.05) is 72.1 Å². The predicted molar refractivity (Wildman–Crippen MR) is 139 cm³/mol. The van der Waals surface area contributed by atoms with Crippen molar-refractivity contribution in [2.75, 3.05) is 18.2 Å². The van der Waals surface area contributed by atoms with E-state index < -0.39 is 27.6 Å². The number of hydrogen-bond donors (Lipinski definition) is 0. The number of carbonyl (C=O) groups is 1. The standard InChI is InChI=1S/C28H24N2O4S2/c31-27(24-17-10-18-35-24)28-20-29(36(32,33)23-15-8-3-9-16-23)19-25(28)34-30(22-13-6-2-7-14-22)26(28)21-11-4-1-5-12-21/h1-18,25-26H,19-20H2/t25-,26-,28-/m0/s1. The Bertz CT molecular complexity index is 1460. The molecule has 0 bridgehead atoms. The van der Waals surface area contributed by atoms with Crippen molar-refractivity contribution in [3.8, 4) is 0 Å². The van der Waals surface area contributed by atoms with E-state index in [-0.39, 0.29) is 23.8 Å². The fraction of sp³-hybridized carbons (Fsp3) is 0.179. The molecule has 0 spiro atoms. The first-order valence-electron chi connectivity index (χ1n) is 11.7. The number of hydrogen-bond acceptors (Lipinski definition) is 6. The van der Waals surface area contributed by atoms with Gasteiger partial charge < -0.3 is 0 Å². The van der Waals surface area contributed by atoms with E-state index in [1.54, 1.807) is 41.5 Å². The number of benzene rings is 3. The molecular formula is C28H24N2O4S2. The number of carbonyl (C=O) groups excluding carboxylic acids is 1. The number of para-hydroxylation sites is 1. The van der Waals surface area contributed by atoms with E-state index in [2.05, 4.69) is 0 Å². The molecule has 0 saturated carbocycles. The van der Waals surface area contributed by atoms with Gasteiger partial charge in [0.05, 0.1) is 21.5 Å².